The van der Waals surface area contributed by atoms with E-state index in [0.29, 0.717) is 11.6 Å². The fourth-order valence-corrected chi connectivity index (χ4v) is 2.58. The number of nitrogens with zero attached hydrogens (tertiary/aromatic N) is 2. The Bertz CT molecular complexity index is 707. The largest absolute Gasteiger partial charge is 0.481 e. The Morgan fingerprint density at radius 2 is 1.95 bits per heavy atom. The maximum atomic E-state index is 5.74. The molecular formula is C14H12N2O2S. The number of methoxy groups -OCH3 is 1. The van der Waals surface area contributed by atoms with Crippen LogP contribution in [0.25, 0.3) is 10.2 Å². The minimum atomic E-state index is 0.568. The second-order valence-corrected chi connectivity index (χ2v) is 5.24. The number of thiazole rings is 1. The first-order chi connectivity index (χ1) is 9.24. The summed E-state index contributed by atoms with van der Waals surface area (Å²) in [6.07, 6.45) is 1.63. The van der Waals surface area contributed by atoms with Gasteiger partial charge in [-0.05, 0) is 25.1 Å². The molecular weight excluding hydrogens is 260 g/mol. The summed E-state index contributed by atoms with van der Waals surface area (Å²) in [7, 11) is 1.58. The van der Waals surface area contributed by atoms with E-state index < -0.39 is 0 Å². The van der Waals surface area contributed by atoms with Crippen molar-refractivity contribution in [2.75, 3.05) is 7.11 Å². The topological polar surface area (TPSA) is 44.2 Å². The van der Waals surface area contributed by atoms with Gasteiger partial charge >= 0.3 is 0 Å². The van der Waals surface area contributed by atoms with Crippen LogP contribution in [0.5, 0.6) is 17.4 Å². The molecule has 19 heavy (non-hydrogen) atoms. The Labute approximate surface area is 114 Å². The second kappa shape index (κ2) is 4.85. The molecule has 0 atom stereocenters. The SMILES string of the molecule is COc1ccc(Oc2ccc3sc(C)nc3c2)cn1. The molecule has 5 heteroatoms. The number of hydrogen-bond acceptors (Lipinski definition) is 5. The van der Waals surface area contributed by atoms with Crippen LogP contribution in [0.2, 0.25) is 0 Å². The number of hydrogen-bond donors (Lipinski definition) is 0. The fraction of sp³-hybridized carbons (Fsp3) is 0.143. The summed E-state index contributed by atoms with van der Waals surface area (Å²) in [6, 6.07) is 9.47. The van der Waals surface area contributed by atoms with Crippen LogP contribution in [-0.4, -0.2) is 17.1 Å². The van der Waals surface area contributed by atoms with E-state index in [0.717, 1.165) is 21.0 Å². The zero-order valence-electron chi connectivity index (χ0n) is 10.6. The van der Waals surface area contributed by atoms with Crippen molar-refractivity contribution in [3.8, 4) is 17.4 Å². The summed E-state index contributed by atoms with van der Waals surface area (Å²) in [5, 5.41) is 1.05. The van der Waals surface area contributed by atoms with E-state index in [9.17, 15) is 0 Å². The molecule has 0 aliphatic carbocycles. The molecule has 0 saturated carbocycles. The van der Waals surface area contributed by atoms with Crippen molar-refractivity contribution < 1.29 is 9.47 Å². The van der Waals surface area contributed by atoms with Crippen LogP contribution in [-0.2, 0) is 0 Å². The van der Waals surface area contributed by atoms with Crippen LogP contribution in [0.4, 0.5) is 0 Å². The highest BCUT2D eigenvalue weighted by molar-refractivity contribution is 7.18. The van der Waals surface area contributed by atoms with Gasteiger partial charge in [-0.15, -0.1) is 11.3 Å². The first-order valence-corrected chi connectivity index (χ1v) is 6.61. The number of pyridine rings is 1. The van der Waals surface area contributed by atoms with Crippen LogP contribution in [0.3, 0.4) is 0 Å². The molecule has 0 aliphatic rings. The minimum absolute atomic E-state index is 0.568. The maximum absolute atomic E-state index is 5.74. The zero-order valence-corrected chi connectivity index (χ0v) is 11.4. The van der Waals surface area contributed by atoms with Gasteiger partial charge in [0.1, 0.15) is 11.5 Å². The maximum Gasteiger partial charge on any atom is 0.213 e. The van der Waals surface area contributed by atoms with Crippen molar-refractivity contribution in [1.82, 2.24) is 9.97 Å². The highest BCUT2D eigenvalue weighted by atomic mass is 32.1. The number of benzene rings is 1. The Morgan fingerprint density at radius 1 is 1.11 bits per heavy atom. The van der Waals surface area contributed by atoms with Crippen molar-refractivity contribution in [3.63, 3.8) is 0 Å². The Kier molecular flexibility index (Phi) is 3.05. The van der Waals surface area contributed by atoms with Crippen LogP contribution in [0, 0.1) is 6.92 Å². The smallest absolute Gasteiger partial charge is 0.213 e. The molecule has 96 valence electrons. The first kappa shape index (κ1) is 11.9. The lowest BCUT2D eigenvalue weighted by atomic mass is 10.3. The van der Waals surface area contributed by atoms with Crippen molar-refractivity contribution in [2.45, 2.75) is 6.92 Å². The normalized spacial score (nSPS) is 10.6. The van der Waals surface area contributed by atoms with Gasteiger partial charge in [-0.25, -0.2) is 9.97 Å². The number of ether oxygens (including phenoxy) is 2. The highest BCUT2D eigenvalue weighted by Gasteiger charge is 2.04. The van der Waals surface area contributed by atoms with E-state index in [2.05, 4.69) is 9.97 Å². The molecule has 3 aromatic rings. The van der Waals surface area contributed by atoms with Gasteiger partial charge in [-0.1, -0.05) is 0 Å². The summed E-state index contributed by atoms with van der Waals surface area (Å²) in [4.78, 5) is 8.54. The molecule has 4 nitrogen and oxygen atoms in total. The molecule has 3 rings (SSSR count). The second-order valence-electron chi connectivity index (χ2n) is 4.00. The van der Waals surface area contributed by atoms with Crippen LogP contribution in [0.15, 0.2) is 36.5 Å². The molecule has 0 bridgehead atoms. The number of fused-ring (bicyclic) bond motifs is 1. The van der Waals surface area contributed by atoms with E-state index in [1.165, 1.54) is 0 Å². The molecule has 0 amide bonds. The van der Waals surface area contributed by atoms with Crippen LogP contribution < -0.4 is 9.47 Å². The summed E-state index contributed by atoms with van der Waals surface area (Å²) in [5.41, 5.74) is 0.960. The van der Waals surface area contributed by atoms with Gasteiger partial charge in [0, 0.05) is 12.1 Å². The Morgan fingerprint density at radius 3 is 2.68 bits per heavy atom. The Hall–Kier alpha value is -2.14. The van der Waals surface area contributed by atoms with E-state index in [4.69, 9.17) is 9.47 Å². The molecule has 0 saturated heterocycles. The summed E-state index contributed by atoms with van der Waals surface area (Å²) in [6.45, 7) is 2.00. The van der Waals surface area contributed by atoms with E-state index in [1.54, 1.807) is 30.7 Å². The van der Waals surface area contributed by atoms with Crippen molar-refractivity contribution in [3.05, 3.63) is 41.5 Å². The third-order valence-corrected chi connectivity index (χ3v) is 3.57. The zero-order chi connectivity index (χ0) is 13.2. The van der Waals surface area contributed by atoms with Gasteiger partial charge in [-0.2, -0.15) is 0 Å². The molecule has 2 aromatic heterocycles. The van der Waals surface area contributed by atoms with Gasteiger partial charge in [0.15, 0.2) is 0 Å². The molecule has 2 heterocycles. The molecule has 0 radical (unpaired) electrons. The van der Waals surface area contributed by atoms with Crippen LogP contribution >= 0.6 is 11.3 Å². The molecule has 0 N–H and O–H groups in total. The van der Waals surface area contributed by atoms with E-state index in [1.807, 2.05) is 31.2 Å². The lowest BCUT2D eigenvalue weighted by molar-refractivity contribution is 0.395. The van der Waals surface area contributed by atoms with Gasteiger partial charge in [0.2, 0.25) is 5.88 Å². The number of aryl methyl sites for hydroxylation is 1. The van der Waals surface area contributed by atoms with Gasteiger partial charge in [-0.3, -0.25) is 0 Å². The predicted octanol–water partition coefficient (Wildman–Crippen LogP) is 3.80. The highest BCUT2D eigenvalue weighted by Crippen LogP contribution is 2.28. The lowest BCUT2D eigenvalue weighted by Crippen LogP contribution is -1.88. The van der Waals surface area contributed by atoms with Gasteiger partial charge in [0.25, 0.3) is 0 Å². The fourth-order valence-electron chi connectivity index (χ4n) is 1.77. The molecule has 0 aliphatic heterocycles. The minimum Gasteiger partial charge on any atom is -0.481 e. The lowest BCUT2D eigenvalue weighted by Gasteiger charge is -2.05. The van der Waals surface area contributed by atoms with Gasteiger partial charge < -0.3 is 9.47 Å². The molecule has 0 fully saturated rings. The average molecular weight is 272 g/mol. The third-order valence-electron chi connectivity index (χ3n) is 2.62. The number of aromatic nitrogens is 2. The standard InChI is InChI=1S/C14H12N2O2S/c1-9-16-12-7-10(3-5-13(12)19-9)18-11-4-6-14(17-2)15-8-11/h3-8H,1-2H3. The van der Waals surface area contributed by atoms with Gasteiger partial charge in [0.05, 0.1) is 28.5 Å². The summed E-state index contributed by atoms with van der Waals surface area (Å²) in [5.74, 6) is 2.00. The quantitative estimate of drug-likeness (QED) is 0.727. The molecule has 0 unspecified atom stereocenters. The number of rotatable bonds is 3. The molecule has 0 spiro atoms. The molecule has 1 aromatic carbocycles. The van der Waals surface area contributed by atoms with Crippen molar-refractivity contribution >= 4 is 21.6 Å². The third kappa shape index (κ3) is 2.51. The van der Waals surface area contributed by atoms with Crippen molar-refractivity contribution in [2.24, 2.45) is 0 Å². The van der Waals surface area contributed by atoms with E-state index >= 15 is 0 Å². The first-order valence-electron chi connectivity index (χ1n) is 5.80. The van der Waals surface area contributed by atoms with Crippen molar-refractivity contribution in [1.29, 1.82) is 0 Å². The average Bonchev–Trinajstić information content (AvgIpc) is 2.79. The Balaban J connectivity index is 1.87. The van der Waals surface area contributed by atoms with Crippen LogP contribution in [0.1, 0.15) is 5.01 Å². The van der Waals surface area contributed by atoms with E-state index in [-0.39, 0.29) is 0 Å². The monoisotopic (exact) mass is 272 g/mol. The summed E-state index contributed by atoms with van der Waals surface area (Å²) >= 11 is 1.68. The predicted molar refractivity (Wildman–Crippen MR) is 75.2 cm³/mol. The summed E-state index contributed by atoms with van der Waals surface area (Å²) < 4.78 is 11.9.